The molecule has 0 atom stereocenters. The second-order valence-corrected chi connectivity index (χ2v) is 3.44. The van der Waals surface area contributed by atoms with E-state index >= 15 is 0 Å². The molecular formula is C14H14N2O4. The van der Waals surface area contributed by atoms with Gasteiger partial charge >= 0.3 is 12.2 Å². The fourth-order valence-corrected chi connectivity index (χ4v) is 1.23. The van der Waals surface area contributed by atoms with Crippen molar-refractivity contribution in [2.45, 2.75) is 6.92 Å². The van der Waals surface area contributed by atoms with Gasteiger partial charge in [0, 0.05) is 12.2 Å². The SMILES string of the molecule is C=CCO/C([O-])=C1/C=CC=C/C1=N\N=[C+]C(=O)OCC. The standard InChI is InChI=1S/C14H14N2O4/c1-3-9-20-14(18)11-7-5-6-8-12(11)16-15-10-13(17)19-4-2/h3,5-8H,1,4,9H2,2H3. The van der Waals surface area contributed by atoms with Crippen molar-refractivity contribution >= 4 is 17.9 Å². The number of rotatable bonds is 6. The van der Waals surface area contributed by atoms with E-state index in [1.165, 1.54) is 6.08 Å². The minimum atomic E-state index is -0.719. The summed E-state index contributed by atoms with van der Waals surface area (Å²) in [5, 5.41) is 18.9. The summed E-state index contributed by atoms with van der Waals surface area (Å²) in [6.45, 7) is 5.45. The fourth-order valence-electron chi connectivity index (χ4n) is 1.23. The monoisotopic (exact) mass is 274 g/mol. The minimum absolute atomic E-state index is 0.103. The number of allylic oxidation sites excluding steroid dienone is 5. The molecule has 0 aromatic rings. The summed E-state index contributed by atoms with van der Waals surface area (Å²) in [4.78, 5) is 11.0. The Kier molecular flexibility index (Phi) is 6.44. The lowest BCUT2D eigenvalue weighted by molar-refractivity contribution is -0.356. The normalized spacial score (nSPS) is 17.9. The van der Waals surface area contributed by atoms with Crippen LogP contribution in [-0.2, 0) is 14.3 Å². The number of nitrogens with zero attached hydrogens (tertiary/aromatic N) is 2. The summed E-state index contributed by atoms with van der Waals surface area (Å²) in [5.74, 6) is -1.27. The topological polar surface area (TPSA) is 83.3 Å². The summed E-state index contributed by atoms with van der Waals surface area (Å²) < 4.78 is 9.52. The average molecular weight is 274 g/mol. The van der Waals surface area contributed by atoms with Gasteiger partial charge in [-0.25, -0.2) is 0 Å². The Morgan fingerprint density at radius 2 is 2.20 bits per heavy atom. The first kappa shape index (κ1) is 15.3. The maximum absolute atomic E-state index is 11.7. The first-order valence-electron chi connectivity index (χ1n) is 5.89. The largest absolute Gasteiger partial charge is 0.619 e. The second kappa shape index (κ2) is 8.39. The number of hydrogen-bond acceptors (Lipinski definition) is 6. The smallest absolute Gasteiger partial charge is 0.609 e. The Labute approximate surface area is 117 Å². The highest BCUT2D eigenvalue weighted by atomic mass is 16.6. The van der Waals surface area contributed by atoms with Crippen molar-refractivity contribution in [3.8, 4) is 0 Å². The maximum atomic E-state index is 11.7. The lowest BCUT2D eigenvalue weighted by atomic mass is 10.1. The quantitative estimate of drug-likeness (QED) is 0.179. The van der Waals surface area contributed by atoms with Crippen LogP contribution in [0.5, 0.6) is 0 Å². The highest BCUT2D eigenvalue weighted by molar-refractivity contribution is 6.23. The Morgan fingerprint density at radius 1 is 1.45 bits per heavy atom. The molecule has 0 unspecified atom stereocenters. The molecule has 20 heavy (non-hydrogen) atoms. The molecule has 1 aliphatic carbocycles. The molecule has 0 spiro atoms. The van der Waals surface area contributed by atoms with Crippen LogP contribution < -0.4 is 5.11 Å². The van der Waals surface area contributed by atoms with Crippen LogP contribution in [0.3, 0.4) is 0 Å². The number of hydrogen-bond donors (Lipinski definition) is 0. The van der Waals surface area contributed by atoms with Crippen LogP contribution in [0.4, 0.5) is 0 Å². The zero-order chi connectivity index (χ0) is 14.8. The zero-order valence-corrected chi connectivity index (χ0v) is 11.0. The van der Waals surface area contributed by atoms with Gasteiger partial charge in [-0.15, -0.1) is 6.58 Å². The highest BCUT2D eigenvalue weighted by Crippen LogP contribution is 2.12. The molecule has 0 heterocycles. The number of esters is 1. The first-order chi connectivity index (χ1) is 9.69. The second-order valence-electron chi connectivity index (χ2n) is 3.44. The van der Waals surface area contributed by atoms with E-state index in [-0.39, 0.29) is 24.5 Å². The lowest BCUT2D eigenvalue weighted by Gasteiger charge is -2.17. The van der Waals surface area contributed by atoms with Crippen LogP contribution in [0.1, 0.15) is 6.92 Å². The van der Waals surface area contributed by atoms with Gasteiger partial charge in [0.2, 0.25) is 0 Å². The van der Waals surface area contributed by atoms with E-state index in [4.69, 9.17) is 4.74 Å². The molecule has 1 rings (SSSR count). The van der Waals surface area contributed by atoms with Gasteiger partial charge < -0.3 is 14.6 Å². The van der Waals surface area contributed by atoms with Crippen LogP contribution in [0.25, 0.3) is 0 Å². The van der Waals surface area contributed by atoms with E-state index in [2.05, 4.69) is 27.7 Å². The molecule has 0 N–H and O–H groups in total. The van der Waals surface area contributed by atoms with Crippen molar-refractivity contribution < 1.29 is 19.4 Å². The van der Waals surface area contributed by atoms with Crippen LogP contribution in [0, 0.1) is 0 Å². The Bertz CT molecular complexity index is 513. The summed E-state index contributed by atoms with van der Waals surface area (Å²) in [6, 6.07) is 0. The van der Waals surface area contributed by atoms with Crippen molar-refractivity contribution in [3.63, 3.8) is 0 Å². The number of carbonyl (C=O) groups is 1. The van der Waals surface area contributed by atoms with Crippen LogP contribution in [0.2, 0.25) is 0 Å². The molecule has 0 aliphatic heterocycles. The van der Waals surface area contributed by atoms with E-state index in [1.54, 1.807) is 31.2 Å². The van der Waals surface area contributed by atoms with Gasteiger partial charge in [-0.2, -0.15) is 4.79 Å². The summed E-state index contributed by atoms with van der Waals surface area (Å²) >= 11 is 0. The molecule has 0 amide bonds. The van der Waals surface area contributed by atoms with Crippen LogP contribution in [0.15, 0.2) is 58.7 Å². The Hall–Kier alpha value is -2.72. The van der Waals surface area contributed by atoms with E-state index < -0.39 is 11.9 Å². The lowest BCUT2D eigenvalue weighted by Crippen LogP contribution is -2.16. The van der Waals surface area contributed by atoms with Crippen LogP contribution in [-0.4, -0.2) is 31.1 Å². The average Bonchev–Trinajstić information content (AvgIpc) is 2.45. The predicted molar refractivity (Wildman–Crippen MR) is 73.0 cm³/mol. The molecule has 1 aliphatic rings. The highest BCUT2D eigenvalue weighted by Gasteiger charge is 2.16. The summed E-state index contributed by atoms with van der Waals surface area (Å²) in [7, 11) is 0. The van der Waals surface area contributed by atoms with E-state index in [1.807, 2.05) is 0 Å². The molecule has 6 nitrogen and oxygen atoms in total. The fraction of sp³-hybridized carbons (Fsp3) is 0.214. The summed E-state index contributed by atoms with van der Waals surface area (Å²) in [5.41, 5.74) is 0.516. The van der Waals surface area contributed by atoms with Crippen molar-refractivity contribution in [1.29, 1.82) is 0 Å². The van der Waals surface area contributed by atoms with Crippen molar-refractivity contribution in [2.75, 3.05) is 13.2 Å². The van der Waals surface area contributed by atoms with E-state index in [9.17, 15) is 9.90 Å². The van der Waals surface area contributed by atoms with Crippen molar-refractivity contribution in [1.82, 2.24) is 0 Å². The number of carbonyl (C=O) groups excluding carboxylic acids is 1. The molecule has 6 heteroatoms. The molecular weight excluding hydrogens is 260 g/mol. The first-order valence-corrected chi connectivity index (χ1v) is 5.89. The third kappa shape index (κ3) is 4.88. The summed E-state index contributed by atoms with van der Waals surface area (Å²) in [6.07, 6.45) is 10.0. The zero-order valence-electron chi connectivity index (χ0n) is 11.0. The van der Waals surface area contributed by atoms with Gasteiger partial charge in [0.1, 0.15) is 5.10 Å². The molecule has 0 fully saturated rings. The van der Waals surface area contributed by atoms with Crippen LogP contribution >= 0.6 is 0 Å². The van der Waals surface area contributed by atoms with Crippen molar-refractivity contribution in [3.05, 3.63) is 48.5 Å². The van der Waals surface area contributed by atoms with E-state index in [0.717, 1.165) is 0 Å². The van der Waals surface area contributed by atoms with E-state index in [0.29, 0.717) is 0 Å². The Morgan fingerprint density at radius 3 is 2.90 bits per heavy atom. The molecule has 0 saturated heterocycles. The Balaban J connectivity index is 2.85. The van der Waals surface area contributed by atoms with Gasteiger partial charge in [-0.05, 0) is 13.0 Å². The molecule has 0 aromatic heterocycles. The van der Waals surface area contributed by atoms with Gasteiger partial charge in [0.25, 0.3) is 0 Å². The molecule has 0 radical (unpaired) electrons. The predicted octanol–water partition coefficient (Wildman–Crippen LogP) is 0.754. The minimum Gasteiger partial charge on any atom is -0.609 e. The molecule has 0 aromatic carbocycles. The van der Waals surface area contributed by atoms with Crippen molar-refractivity contribution in [2.24, 2.45) is 10.2 Å². The molecule has 0 saturated carbocycles. The van der Waals surface area contributed by atoms with Gasteiger partial charge in [-0.1, -0.05) is 29.4 Å². The molecule has 0 bridgehead atoms. The molecule has 104 valence electrons. The number of ether oxygens (including phenoxy) is 2. The van der Waals surface area contributed by atoms with Gasteiger partial charge in [0.05, 0.1) is 18.3 Å². The maximum Gasteiger partial charge on any atom is 0.619 e. The van der Waals surface area contributed by atoms with Gasteiger partial charge in [-0.3, -0.25) is 0 Å². The third-order valence-electron chi connectivity index (χ3n) is 2.03. The van der Waals surface area contributed by atoms with Gasteiger partial charge in [0.15, 0.2) is 0 Å². The third-order valence-corrected chi connectivity index (χ3v) is 2.03.